The molecule has 1 aromatic rings. The van der Waals surface area contributed by atoms with Crippen molar-refractivity contribution in [2.75, 3.05) is 19.7 Å². The van der Waals surface area contributed by atoms with Gasteiger partial charge in [-0.2, -0.15) is 5.26 Å². The van der Waals surface area contributed by atoms with Crippen molar-refractivity contribution in [3.05, 3.63) is 35.1 Å². The molecule has 1 aromatic carbocycles. The molecule has 0 saturated carbocycles. The van der Waals surface area contributed by atoms with Crippen LogP contribution in [0.3, 0.4) is 0 Å². The van der Waals surface area contributed by atoms with E-state index in [1.807, 2.05) is 19.9 Å². The van der Waals surface area contributed by atoms with E-state index >= 15 is 0 Å². The molecule has 2 N–H and O–H groups in total. The highest BCUT2D eigenvalue weighted by Gasteiger charge is 2.13. The fraction of sp³-hybridized carbons (Fsp3) is 0.579. The van der Waals surface area contributed by atoms with Crippen LogP contribution in [-0.2, 0) is 11.3 Å². The van der Waals surface area contributed by atoms with Gasteiger partial charge in [0.05, 0.1) is 24.3 Å². The van der Waals surface area contributed by atoms with Crippen LogP contribution in [0.4, 0.5) is 4.39 Å². The predicted octanol–water partition coefficient (Wildman–Crippen LogP) is 3.20. The molecular formula is C19H29FN4O. The molecule has 0 saturated heterocycles. The molecule has 0 aliphatic heterocycles. The van der Waals surface area contributed by atoms with Gasteiger partial charge in [0.25, 0.3) is 0 Å². The van der Waals surface area contributed by atoms with Gasteiger partial charge in [-0.25, -0.2) is 9.38 Å². The van der Waals surface area contributed by atoms with Crippen LogP contribution in [0.2, 0.25) is 0 Å². The number of benzene rings is 1. The third-order valence-corrected chi connectivity index (χ3v) is 3.77. The van der Waals surface area contributed by atoms with Gasteiger partial charge in [0.15, 0.2) is 5.96 Å². The predicted molar refractivity (Wildman–Crippen MR) is 98.8 cm³/mol. The minimum Gasteiger partial charge on any atom is -0.378 e. The van der Waals surface area contributed by atoms with Gasteiger partial charge >= 0.3 is 0 Å². The standard InChI is InChI=1S/C19H29FN4O/c1-5-22-19(23-10-9-18(14(3)4)25-6-2)24-13-16-11-15(12-21)7-8-17(16)20/h7-8,11,14,18H,5-6,9-10,13H2,1-4H3,(H2,22,23,24). The Bertz CT molecular complexity index is 596. The summed E-state index contributed by atoms with van der Waals surface area (Å²) in [6.45, 7) is 10.6. The molecule has 0 heterocycles. The maximum absolute atomic E-state index is 13.8. The molecule has 138 valence electrons. The van der Waals surface area contributed by atoms with E-state index < -0.39 is 0 Å². The van der Waals surface area contributed by atoms with Gasteiger partial charge in [-0.1, -0.05) is 13.8 Å². The maximum Gasteiger partial charge on any atom is 0.191 e. The Labute approximate surface area is 150 Å². The molecule has 0 bridgehead atoms. The summed E-state index contributed by atoms with van der Waals surface area (Å²) < 4.78 is 19.6. The molecular weight excluding hydrogens is 319 g/mol. The highest BCUT2D eigenvalue weighted by atomic mass is 19.1. The molecule has 6 heteroatoms. The van der Waals surface area contributed by atoms with Crippen LogP contribution in [-0.4, -0.2) is 31.8 Å². The van der Waals surface area contributed by atoms with Crippen molar-refractivity contribution >= 4 is 5.96 Å². The van der Waals surface area contributed by atoms with Crippen molar-refractivity contribution in [2.45, 2.75) is 46.8 Å². The van der Waals surface area contributed by atoms with Gasteiger partial charge in [0, 0.05) is 25.3 Å². The van der Waals surface area contributed by atoms with Crippen molar-refractivity contribution in [1.82, 2.24) is 10.6 Å². The van der Waals surface area contributed by atoms with Gasteiger partial charge in [0.2, 0.25) is 0 Å². The lowest BCUT2D eigenvalue weighted by molar-refractivity contribution is 0.0258. The zero-order valence-corrected chi connectivity index (χ0v) is 15.6. The Morgan fingerprint density at radius 2 is 2.08 bits per heavy atom. The van der Waals surface area contributed by atoms with Crippen LogP contribution in [0.15, 0.2) is 23.2 Å². The monoisotopic (exact) mass is 348 g/mol. The minimum atomic E-state index is -0.352. The first-order chi connectivity index (χ1) is 12.0. The van der Waals surface area contributed by atoms with Gasteiger partial charge in [-0.05, 0) is 44.4 Å². The summed E-state index contributed by atoms with van der Waals surface area (Å²) in [6.07, 6.45) is 1.07. The van der Waals surface area contributed by atoms with Gasteiger partial charge in [-0.3, -0.25) is 0 Å². The SMILES string of the molecule is CCNC(=NCc1cc(C#N)ccc1F)NCCC(OCC)C(C)C. The maximum atomic E-state index is 13.8. The molecule has 25 heavy (non-hydrogen) atoms. The minimum absolute atomic E-state index is 0.176. The second-order valence-electron chi connectivity index (χ2n) is 6.07. The van der Waals surface area contributed by atoms with Crippen LogP contribution < -0.4 is 10.6 Å². The highest BCUT2D eigenvalue weighted by molar-refractivity contribution is 5.79. The number of nitrogens with one attached hydrogen (secondary N) is 2. The van der Waals surface area contributed by atoms with E-state index in [2.05, 4.69) is 29.5 Å². The van der Waals surface area contributed by atoms with Gasteiger partial charge in [-0.15, -0.1) is 0 Å². The first-order valence-corrected chi connectivity index (χ1v) is 8.84. The average molecular weight is 348 g/mol. The fourth-order valence-corrected chi connectivity index (χ4v) is 2.43. The van der Waals surface area contributed by atoms with E-state index in [-0.39, 0.29) is 18.5 Å². The summed E-state index contributed by atoms with van der Waals surface area (Å²) in [7, 11) is 0. The van der Waals surface area contributed by atoms with Crippen molar-refractivity contribution in [3.63, 3.8) is 0 Å². The summed E-state index contributed by atoms with van der Waals surface area (Å²) in [5.41, 5.74) is 0.840. The molecule has 0 radical (unpaired) electrons. The summed E-state index contributed by atoms with van der Waals surface area (Å²) in [6, 6.07) is 6.32. The van der Waals surface area contributed by atoms with E-state index in [1.54, 1.807) is 0 Å². The lowest BCUT2D eigenvalue weighted by atomic mass is 10.0. The normalized spacial score (nSPS) is 12.8. The van der Waals surface area contributed by atoms with E-state index in [4.69, 9.17) is 10.00 Å². The van der Waals surface area contributed by atoms with Crippen molar-refractivity contribution < 1.29 is 9.13 Å². The molecule has 0 aliphatic rings. The van der Waals surface area contributed by atoms with E-state index in [0.29, 0.717) is 36.2 Å². The smallest absolute Gasteiger partial charge is 0.191 e. The summed E-state index contributed by atoms with van der Waals surface area (Å²) in [5, 5.41) is 15.3. The number of guanidine groups is 1. The summed E-state index contributed by atoms with van der Waals surface area (Å²) >= 11 is 0. The number of ether oxygens (including phenoxy) is 1. The van der Waals surface area contributed by atoms with Crippen molar-refractivity contribution in [1.29, 1.82) is 5.26 Å². The Morgan fingerprint density at radius 1 is 1.32 bits per heavy atom. The molecule has 0 fully saturated rings. The lowest BCUT2D eigenvalue weighted by Crippen LogP contribution is -2.39. The number of aliphatic imine (C=N–C) groups is 1. The highest BCUT2D eigenvalue weighted by Crippen LogP contribution is 2.12. The third-order valence-electron chi connectivity index (χ3n) is 3.77. The Morgan fingerprint density at radius 3 is 2.68 bits per heavy atom. The number of halogens is 1. The molecule has 0 spiro atoms. The molecule has 1 unspecified atom stereocenters. The van der Waals surface area contributed by atoms with Crippen molar-refractivity contribution in [2.24, 2.45) is 10.9 Å². The Kier molecular flexibility index (Phi) is 9.56. The molecule has 0 amide bonds. The molecule has 1 atom stereocenters. The zero-order chi connectivity index (χ0) is 18.7. The largest absolute Gasteiger partial charge is 0.378 e. The van der Waals surface area contributed by atoms with Crippen LogP contribution >= 0.6 is 0 Å². The number of hydrogen-bond acceptors (Lipinski definition) is 3. The van der Waals surface area contributed by atoms with Gasteiger partial charge in [0.1, 0.15) is 5.82 Å². The average Bonchev–Trinajstić information content (AvgIpc) is 2.59. The number of nitrogens with zero attached hydrogens (tertiary/aromatic N) is 2. The molecule has 0 aliphatic carbocycles. The van der Waals surface area contributed by atoms with Gasteiger partial charge < -0.3 is 15.4 Å². The summed E-state index contributed by atoms with van der Waals surface area (Å²) in [4.78, 5) is 4.41. The molecule has 5 nitrogen and oxygen atoms in total. The number of nitriles is 1. The second-order valence-corrected chi connectivity index (χ2v) is 6.07. The van der Waals surface area contributed by atoms with Crippen LogP contribution in [0.25, 0.3) is 0 Å². The molecule has 0 aromatic heterocycles. The van der Waals surface area contributed by atoms with Crippen LogP contribution in [0, 0.1) is 23.1 Å². The first kappa shape index (κ1) is 20.9. The Hall–Kier alpha value is -2.13. The van der Waals surface area contributed by atoms with Crippen LogP contribution in [0.1, 0.15) is 45.2 Å². The topological polar surface area (TPSA) is 69.4 Å². The number of hydrogen-bond donors (Lipinski definition) is 2. The van der Waals surface area contributed by atoms with E-state index in [9.17, 15) is 4.39 Å². The quantitative estimate of drug-likeness (QED) is 0.531. The fourth-order valence-electron chi connectivity index (χ4n) is 2.43. The third kappa shape index (κ3) is 7.53. The summed E-state index contributed by atoms with van der Waals surface area (Å²) in [5.74, 6) is 0.724. The van der Waals surface area contributed by atoms with E-state index in [0.717, 1.165) is 13.0 Å². The second kappa shape index (κ2) is 11.4. The first-order valence-electron chi connectivity index (χ1n) is 8.84. The van der Waals surface area contributed by atoms with Crippen LogP contribution in [0.5, 0.6) is 0 Å². The Balaban J connectivity index is 2.67. The molecule has 1 rings (SSSR count). The van der Waals surface area contributed by atoms with Crippen molar-refractivity contribution in [3.8, 4) is 6.07 Å². The zero-order valence-electron chi connectivity index (χ0n) is 15.6. The number of rotatable bonds is 9. The lowest BCUT2D eigenvalue weighted by Gasteiger charge is -2.21. The van der Waals surface area contributed by atoms with E-state index in [1.165, 1.54) is 18.2 Å².